The van der Waals surface area contributed by atoms with Crippen LogP contribution in [0.5, 0.6) is 0 Å². The lowest BCUT2D eigenvalue weighted by molar-refractivity contribution is -0.0817. The normalized spacial score (nSPS) is 24.7. The summed E-state index contributed by atoms with van der Waals surface area (Å²) >= 11 is 0. The van der Waals surface area contributed by atoms with E-state index in [0.29, 0.717) is 19.8 Å². The Morgan fingerprint density at radius 1 is 1.36 bits per heavy atom. The fourth-order valence-electron chi connectivity index (χ4n) is 3.25. The Morgan fingerprint density at radius 2 is 2.28 bits per heavy atom. The second-order valence-corrected chi connectivity index (χ2v) is 6.36. The van der Waals surface area contributed by atoms with Gasteiger partial charge in [0.05, 0.1) is 32.1 Å². The molecule has 2 aliphatic rings. The van der Waals surface area contributed by atoms with E-state index in [4.69, 9.17) is 23.6 Å². The number of ether oxygens (including phenoxy) is 3. The topological polar surface area (TPSA) is 68.5 Å². The highest BCUT2D eigenvalue weighted by molar-refractivity contribution is 5.80. The van der Waals surface area contributed by atoms with Crippen LogP contribution in [0.15, 0.2) is 27.8 Å². The van der Waals surface area contributed by atoms with Gasteiger partial charge in [-0.1, -0.05) is 0 Å². The summed E-state index contributed by atoms with van der Waals surface area (Å²) in [6, 6.07) is 3.91. The molecule has 0 bridgehead atoms. The Bertz CT molecular complexity index is 514. The van der Waals surface area contributed by atoms with Gasteiger partial charge in [-0.3, -0.25) is 4.99 Å². The highest BCUT2D eigenvalue weighted by atomic mass is 16.5. The SMILES string of the molecule is COCCN=C(NCCc1ccco1)N1CCOC(C2CCCO2)C1. The standard InChI is InChI=1S/C18H29N3O4/c1-22-12-8-20-18(19-7-6-15-4-2-10-23-15)21-9-13-25-17(14-21)16-5-3-11-24-16/h2,4,10,16-17H,3,5-9,11-14H2,1H3,(H,19,20). The predicted molar refractivity (Wildman–Crippen MR) is 94.9 cm³/mol. The smallest absolute Gasteiger partial charge is 0.194 e. The quantitative estimate of drug-likeness (QED) is 0.454. The number of rotatable bonds is 7. The Balaban J connectivity index is 1.55. The Morgan fingerprint density at radius 3 is 3.04 bits per heavy atom. The molecule has 0 saturated carbocycles. The van der Waals surface area contributed by atoms with Crippen LogP contribution >= 0.6 is 0 Å². The van der Waals surface area contributed by atoms with Crippen molar-refractivity contribution in [1.29, 1.82) is 0 Å². The van der Waals surface area contributed by atoms with Crippen LogP contribution in [-0.2, 0) is 20.6 Å². The van der Waals surface area contributed by atoms with Crippen LogP contribution in [0.25, 0.3) is 0 Å². The van der Waals surface area contributed by atoms with E-state index in [9.17, 15) is 0 Å². The zero-order valence-corrected chi connectivity index (χ0v) is 15.0. The molecule has 3 rings (SSSR count). The molecule has 1 aromatic heterocycles. The summed E-state index contributed by atoms with van der Waals surface area (Å²) < 4.78 is 22.3. The minimum atomic E-state index is 0.121. The van der Waals surface area contributed by atoms with Crippen LogP contribution in [0.1, 0.15) is 18.6 Å². The molecule has 25 heavy (non-hydrogen) atoms. The van der Waals surface area contributed by atoms with Crippen molar-refractivity contribution in [2.45, 2.75) is 31.5 Å². The van der Waals surface area contributed by atoms with Crippen molar-refractivity contribution in [3.8, 4) is 0 Å². The summed E-state index contributed by atoms with van der Waals surface area (Å²) in [5, 5.41) is 3.46. The summed E-state index contributed by atoms with van der Waals surface area (Å²) in [6.45, 7) is 5.23. The number of guanidine groups is 1. The van der Waals surface area contributed by atoms with Gasteiger partial charge in [0.1, 0.15) is 11.9 Å². The molecule has 0 spiro atoms. The van der Waals surface area contributed by atoms with Crippen molar-refractivity contribution < 1.29 is 18.6 Å². The predicted octanol–water partition coefficient (Wildman–Crippen LogP) is 1.29. The van der Waals surface area contributed by atoms with E-state index in [1.165, 1.54) is 0 Å². The molecule has 2 saturated heterocycles. The van der Waals surface area contributed by atoms with Crippen LogP contribution in [0.4, 0.5) is 0 Å². The van der Waals surface area contributed by atoms with Crippen LogP contribution < -0.4 is 5.32 Å². The number of aliphatic imine (C=N–C) groups is 1. The number of furan rings is 1. The third kappa shape index (κ3) is 5.45. The van der Waals surface area contributed by atoms with E-state index in [1.807, 2.05) is 12.1 Å². The molecule has 7 heteroatoms. The number of methoxy groups -OCH3 is 1. The molecule has 2 aliphatic heterocycles. The van der Waals surface area contributed by atoms with Gasteiger partial charge in [0, 0.05) is 39.8 Å². The number of nitrogens with zero attached hydrogens (tertiary/aromatic N) is 2. The zero-order chi connectivity index (χ0) is 17.3. The van der Waals surface area contributed by atoms with Gasteiger partial charge in [0.2, 0.25) is 0 Å². The average molecular weight is 351 g/mol. The fraction of sp³-hybridized carbons (Fsp3) is 0.722. The van der Waals surface area contributed by atoms with E-state index >= 15 is 0 Å². The Kier molecular flexibility index (Phi) is 7.14. The van der Waals surface area contributed by atoms with Gasteiger partial charge in [-0.2, -0.15) is 0 Å². The molecule has 1 aromatic rings. The molecule has 0 aromatic carbocycles. The summed E-state index contributed by atoms with van der Waals surface area (Å²) in [5.41, 5.74) is 0. The van der Waals surface area contributed by atoms with Crippen molar-refractivity contribution in [1.82, 2.24) is 10.2 Å². The van der Waals surface area contributed by atoms with Crippen LogP contribution in [-0.4, -0.2) is 76.2 Å². The van der Waals surface area contributed by atoms with Gasteiger partial charge in [-0.25, -0.2) is 0 Å². The van der Waals surface area contributed by atoms with Crippen LogP contribution in [0, 0.1) is 0 Å². The van der Waals surface area contributed by atoms with Gasteiger partial charge in [0.15, 0.2) is 5.96 Å². The van der Waals surface area contributed by atoms with Gasteiger partial charge in [-0.15, -0.1) is 0 Å². The van der Waals surface area contributed by atoms with E-state index in [0.717, 1.165) is 57.2 Å². The first kappa shape index (κ1) is 18.2. The molecule has 0 radical (unpaired) electrons. The minimum absolute atomic E-state index is 0.121. The summed E-state index contributed by atoms with van der Waals surface area (Å²) in [4.78, 5) is 6.97. The Hall–Kier alpha value is -1.57. The Labute approximate surface area is 149 Å². The van der Waals surface area contributed by atoms with Gasteiger partial charge in [0.25, 0.3) is 0 Å². The van der Waals surface area contributed by atoms with Crippen LogP contribution in [0.3, 0.4) is 0 Å². The summed E-state index contributed by atoms with van der Waals surface area (Å²) in [6.07, 6.45) is 5.08. The van der Waals surface area contributed by atoms with E-state index in [-0.39, 0.29) is 12.2 Å². The molecule has 0 amide bonds. The molecule has 3 heterocycles. The van der Waals surface area contributed by atoms with E-state index < -0.39 is 0 Å². The number of morpholine rings is 1. The molecule has 1 N–H and O–H groups in total. The van der Waals surface area contributed by atoms with Gasteiger partial charge < -0.3 is 28.8 Å². The van der Waals surface area contributed by atoms with Gasteiger partial charge in [-0.05, 0) is 25.0 Å². The van der Waals surface area contributed by atoms with E-state index in [2.05, 4.69) is 10.2 Å². The molecular formula is C18H29N3O4. The lowest BCUT2D eigenvalue weighted by atomic mass is 10.1. The van der Waals surface area contributed by atoms with E-state index in [1.54, 1.807) is 13.4 Å². The van der Waals surface area contributed by atoms with Crippen LogP contribution in [0.2, 0.25) is 0 Å². The molecule has 2 fully saturated rings. The second kappa shape index (κ2) is 9.79. The largest absolute Gasteiger partial charge is 0.469 e. The molecule has 2 atom stereocenters. The molecule has 7 nitrogen and oxygen atoms in total. The maximum Gasteiger partial charge on any atom is 0.194 e. The maximum atomic E-state index is 5.94. The fourth-order valence-corrected chi connectivity index (χ4v) is 3.25. The first-order valence-electron chi connectivity index (χ1n) is 9.14. The summed E-state index contributed by atoms with van der Waals surface area (Å²) in [7, 11) is 1.70. The maximum absolute atomic E-state index is 5.94. The lowest BCUT2D eigenvalue weighted by Crippen LogP contribution is -2.53. The van der Waals surface area contributed by atoms with Crippen molar-refractivity contribution in [2.24, 2.45) is 4.99 Å². The van der Waals surface area contributed by atoms with Gasteiger partial charge >= 0.3 is 0 Å². The molecule has 2 unspecified atom stereocenters. The van der Waals surface area contributed by atoms with Crippen molar-refractivity contribution >= 4 is 5.96 Å². The van der Waals surface area contributed by atoms with Crippen molar-refractivity contribution in [2.75, 3.05) is 53.1 Å². The number of hydrogen-bond acceptors (Lipinski definition) is 5. The van der Waals surface area contributed by atoms with Crippen molar-refractivity contribution in [3.63, 3.8) is 0 Å². The third-order valence-electron chi connectivity index (χ3n) is 4.56. The first-order valence-corrected chi connectivity index (χ1v) is 9.14. The zero-order valence-electron chi connectivity index (χ0n) is 15.0. The number of nitrogens with one attached hydrogen (secondary N) is 1. The number of hydrogen-bond donors (Lipinski definition) is 1. The molecule has 140 valence electrons. The average Bonchev–Trinajstić information content (AvgIpc) is 3.34. The molecular weight excluding hydrogens is 322 g/mol. The third-order valence-corrected chi connectivity index (χ3v) is 4.56. The molecule has 0 aliphatic carbocycles. The highest BCUT2D eigenvalue weighted by Gasteiger charge is 2.32. The minimum Gasteiger partial charge on any atom is -0.469 e. The van der Waals surface area contributed by atoms with Crippen molar-refractivity contribution in [3.05, 3.63) is 24.2 Å². The lowest BCUT2D eigenvalue weighted by Gasteiger charge is -2.37. The second-order valence-electron chi connectivity index (χ2n) is 6.36. The summed E-state index contributed by atoms with van der Waals surface area (Å²) in [5.74, 6) is 1.89. The highest BCUT2D eigenvalue weighted by Crippen LogP contribution is 2.21. The first-order chi connectivity index (χ1) is 12.4. The monoisotopic (exact) mass is 351 g/mol.